The SMILES string of the molecule is O=CC1([Se]c2ccccc2)C2C=CC=CC1C=C2. The van der Waals surface area contributed by atoms with Crippen LogP contribution in [0.2, 0.25) is 4.31 Å². The molecule has 18 heavy (non-hydrogen) atoms. The molecule has 2 aliphatic rings. The Morgan fingerprint density at radius 2 is 1.56 bits per heavy atom. The van der Waals surface area contributed by atoms with Crippen molar-refractivity contribution in [3.05, 3.63) is 66.8 Å². The third kappa shape index (κ3) is 1.82. The van der Waals surface area contributed by atoms with Crippen LogP contribution in [0.5, 0.6) is 0 Å². The van der Waals surface area contributed by atoms with E-state index in [-0.39, 0.29) is 31.1 Å². The first-order chi connectivity index (χ1) is 8.85. The Bertz CT molecular complexity index is 505. The van der Waals surface area contributed by atoms with Gasteiger partial charge in [0.15, 0.2) is 0 Å². The summed E-state index contributed by atoms with van der Waals surface area (Å²) in [5, 5.41) is 0. The summed E-state index contributed by atoms with van der Waals surface area (Å²) in [6, 6.07) is 10.4. The summed E-state index contributed by atoms with van der Waals surface area (Å²) >= 11 is 0.147. The molecule has 0 amide bonds. The van der Waals surface area contributed by atoms with Gasteiger partial charge in [0.2, 0.25) is 0 Å². The molecule has 0 saturated carbocycles. The third-order valence-corrected chi connectivity index (χ3v) is 6.69. The van der Waals surface area contributed by atoms with Crippen LogP contribution in [0.15, 0.2) is 66.8 Å². The standard InChI is InChI=1S/C16H14OSe/c17-12-16(18-15-8-2-1-3-9-15)13-6-4-5-7-14(16)11-10-13/h1-14H. The summed E-state index contributed by atoms with van der Waals surface area (Å²) in [6.07, 6.45) is 14.0. The van der Waals surface area contributed by atoms with Gasteiger partial charge < -0.3 is 0 Å². The zero-order valence-corrected chi connectivity index (χ0v) is 11.6. The Balaban J connectivity index is 1.99. The molecular weight excluding hydrogens is 287 g/mol. The maximum absolute atomic E-state index is 11.8. The fourth-order valence-electron chi connectivity index (χ4n) is 2.57. The van der Waals surface area contributed by atoms with Crippen molar-refractivity contribution in [3.63, 3.8) is 0 Å². The first-order valence-electron chi connectivity index (χ1n) is 6.09. The van der Waals surface area contributed by atoms with Crippen molar-refractivity contribution >= 4 is 25.7 Å². The van der Waals surface area contributed by atoms with E-state index in [2.05, 4.69) is 48.6 Å². The molecular formula is C16H14OSe. The van der Waals surface area contributed by atoms with Crippen molar-refractivity contribution in [2.75, 3.05) is 0 Å². The zero-order chi connectivity index (χ0) is 12.4. The van der Waals surface area contributed by atoms with E-state index in [9.17, 15) is 4.79 Å². The van der Waals surface area contributed by atoms with Gasteiger partial charge in [0.1, 0.15) is 0 Å². The van der Waals surface area contributed by atoms with Crippen LogP contribution in [0, 0.1) is 11.8 Å². The van der Waals surface area contributed by atoms with Crippen LogP contribution in [0.4, 0.5) is 0 Å². The number of hydrogen-bond acceptors (Lipinski definition) is 1. The Morgan fingerprint density at radius 3 is 2.11 bits per heavy atom. The fourth-order valence-corrected chi connectivity index (χ4v) is 5.37. The quantitative estimate of drug-likeness (QED) is 0.476. The number of carbonyl (C=O) groups is 1. The van der Waals surface area contributed by atoms with Crippen molar-refractivity contribution in [3.8, 4) is 0 Å². The molecule has 2 aliphatic carbocycles. The van der Waals surface area contributed by atoms with E-state index in [0.29, 0.717) is 0 Å². The van der Waals surface area contributed by atoms with E-state index >= 15 is 0 Å². The van der Waals surface area contributed by atoms with E-state index in [1.165, 1.54) is 10.7 Å². The molecule has 0 aromatic heterocycles. The number of aldehydes is 1. The van der Waals surface area contributed by atoms with Crippen LogP contribution in [-0.4, -0.2) is 21.2 Å². The van der Waals surface area contributed by atoms with Crippen LogP contribution in [0.1, 0.15) is 0 Å². The Morgan fingerprint density at radius 1 is 0.944 bits per heavy atom. The molecule has 1 aromatic carbocycles. The minimum atomic E-state index is -0.266. The molecule has 1 nitrogen and oxygen atoms in total. The Hall–Kier alpha value is -1.37. The second kappa shape index (κ2) is 4.72. The predicted octanol–water partition coefficient (Wildman–Crippen LogP) is 2.30. The average Bonchev–Trinajstić information content (AvgIpc) is 2.61. The van der Waals surface area contributed by atoms with E-state index in [0.717, 1.165) is 0 Å². The predicted molar refractivity (Wildman–Crippen MR) is 75.0 cm³/mol. The molecule has 0 N–H and O–H groups in total. The van der Waals surface area contributed by atoms with Gasteiger partial charge in [-0.3, -0.25) is 0 Å². The van der Waals surface area contributed by atoms with Crippen molar-refractivity contribution in [1.82, 2.24) is 0 Å². The van der Waals surface area contributed by atoms with Crippen molar-refractivity contribution in [2.24, 2.45) is 11.8 Å². The van der Waals surface area contributed by atoms with Crippen LogP contribution in [0.25, 0.3) is 0 Å². The van der Waals surface area contributed by atoms with Crippen LogP contribution < -0.4 is 4.46 Å². The van der Waals surface area contributed by atoms with Gasteiger partial charge in [-0.2, -0.15) is 0 Å². The van der Waals surface area contributed by atoms with Gasteiger partial charge in [0, 0.05) is 0 Å². The van der Waals surface area contributed by atoms with Crippen LogP contribution >= 0.6 is 0 Å². The monoisotopic (exact) mass is 302 g/mol. The second-order valence-corrected chi connectivity index (χ2v) is 7.49. The molecule has 2 unspecified atom stereocenters. The first-order valence-corrected chi connectivity index (χ1v) is 7.80. The Labute approximate surface area is 113 Å². The van der Waals surface area contributed by atoms with Gasteiger partial charge in [0.25, 0.3) is 0 Å². The maximum atomic E-state index is 11.8. The van der Waals surface area contributed by atoms with Crippen LogP contribution in [-0.2, 0) is 4.79 Å². The fraction of sp³-hybridized carbons (Fsp3) is 0.188. The molecule has 0 fully saturated rings. The summed E-state index contributed by atoms with van der Waals surface area (Å²) in [4.78, 5) is 11.8. The summed E-state index contributed by atoms with van der Waals surface area (Å²) in [6.45, 7) is 0. The summed E-state index contributed by atoms with van der Waals surface area (Å²) in [5.41, 5.74) is 0. The topological polar surface area (TPSA) is 17.1 Å². The number of allylic oxidation sites excluding steroid dienone is 6. The number of fused-ring (bicyclic) bond motifs is 2. The minimum absolute atomic E-state index is 0.147. The second-order valence-electron chi connectivity index (χ2n) is 4.59. The van der Waals surface area contributed by atoms with Gasteiger partial charge in [-0.1, -0.05) is 0 Å². The summed E-state index contributed by atoms with van der Waals surface area (Å²) in [7, 11) is 0. The molecule has 0 saturated heterocycles. The molecule has 1 aromatic rings. The molecule has 2 bridgehead atoms. The molecule has 0 heterocycles. The molecule has 0 aliphatic heterocycles. The molecule has 2 heteroatoms. The van der Waals surface area contributed by atoms with E-state index in [1.807, 2.05) is 18.2 Å². The summed E-state index contributed by atoms with van der Waals surface area (Å²) in [5.74, 6) is 0.491. The van der Waals surface area contributed by atoms with E-state index in [1.54, 1.807) is 0 Å². The number of rotatable bonds is 3. The normalized spacial score (nSPS) is 32.4. The average molecular weight is 301 g/mol. The number of benzene rings is 1. The zero-order valence-electron chi connectivity index (χ0n) is 9.90. The third-order valence-electron chi connectivity index (χ3n) is 3.54. The van der Waals surface area contributed by atoms with Gasteiger partial charge in [-0.15, -0.1) is 0 Å². The molecule has 0 radical (unpaired) electrons. The number of carbonyl (C=O) groups excluding carboxylic acids is 1. The first kappa shape index (κ1) is 11.7. The Kier molecular flexibility index (Phi) is 3.07. The summed E-state index contributed by atoms with van der Waals surface area (Å²) < 4.78 is 1.03. The number of hydrogen-bond donors (Lipinski definition) is 0. The van der Waals surface area contributed by atoms with Crippen molar-refractivity contribution in [1.29, 1.82) is 0 Å². The molecule has 90 valence electrons. The molecule has 0 spiro atoms. The van der Waals surface area contributed by atoms with Crippen molar-refractivity contribution in [2.45, 2.75) is 4.31 Å². The van der Waals surface area contributed by atoms with Gasteiger partial charge in [-0.25, -0.2) is 0 Å². The molecule has 3 rings (SSSR count). The van der Waals surface area contributed by atoms with Crippen LogP contribution in [0.3, 0.4) is 0 Å². The van der Waals surface area contributed by atoms with Gasteiger partial charge >= 0.3 is 113 Å². The van der Waals surface area contributed by atoms with E-state index in [4.69, 9.17) is 0 Å². The van der Waals surface area contributed by atoms with Crippen molar-refractivity contribution < 1.29 is 4.79 Å². The molecule has 2 atom stereocenters. The van der Waals surface area contributed by atoms with E-state index < -0.39 is 0 Å². The van der Waals surface area contributed by atoms with Gasteiger partial charge in [0.05, 0.1) is 0 Å². The van der Waals surface area contributed by atoms with Gasteiger partial charge in [-0.05, 0) is 0 Å².